The Bertz CT molecular complexity index is 1090. The van der Waals surface area contributed by atoms with E-state index in [0.717, 1.165) is 57.9 Å². The highest BCUT2D eigenvalue weighted by Gasteiger charge is 2.51. The van der Waals surface area contributed by atoms with Gasteiger partial charge >= 0.3 is 0 Å². The molecule has 3 fully saturated rings. The number of hydrogen-bond acceptors (Lipinski definition) is 6. The summed E-state index contributed by atoms with van der Waals surface area (Å²) in [6.45, 7) is 10.0. The lowest BCUT2D eigenvalue weighted by Crippen LogP contribution is -2.53. The lowest BCUT2D eigenvalue weighted by atomic mass is 9.49. The van der Waals surface area contributed by atoms with E-state index in [0.29, 0.717) is 53.1 Å². The first-order valence-electron chi connectivity index (χ1n) is 15.1. The highest BCUT2D eigenvalue weighted by molar-refractivity contribution is 5.96. The van der Waals surface area contributed by atoms with Crippen LogP contribution in [0.3, 0.4) is 0 Å². The zero-order valence-electron chi connectivity index (χ0n) is 25.0. The van der Waals surface area contributed by atoms with Crippen LogP contribution < -0.4 is 14.2 Å². The first kappa shape index (κ1) is 28.8. The van der Waals surface area contributed by atoms with Gasteiger partial charge in [-0.3, -0.25) is 14.5 Å². The van der Waals surface area contributed by atoms with Gasteiger partial charge in [0, 0.05) is 57.3 Å². The molecule has 2 saturated carbocycles. The molecule has 1 saturated heterocycles. The van der Waals surface area contributed by atoms with Crippen LogP contribution in [0.5, 0.6) is 17.2 Å². The third-order valence-corrected chi connectivity index (χ3v) is 10.2. The molecule has 1 aliphatic heterocycles. The van der Waals surface area contributed by atoms with Crippen molar-refractivity contribution in [2.45, 2.75) is 52.4 Å². The molecule has 2 amide bonds. The van der Waals surface area contributed by atoms with Gasteiger partial charge in [0.25, 0.3) is 5.91 Å². The van der Waals surface area contributed by atoms with Crippen LogP contribution in [0.1, 0.15) is 62.7 Å². The summed E-state index contributed by atoms with van der Waals surface area (Å²) in [7, 11) is 4.71. The first-order valence-corrected chi connectivity index (χ1v) is 15.1. The molecule has 0 N–H and O–H groups in total. The van der Waals surface area contributed by atoms with Crippen LogP contribution in [0.15, 0.2) is 23.8 Å². The fourth-order valence-corrected chi connectivity index (χ4v) is 7.40. The van der Waals surface area contributed by atoms with Crippen LogP contribution in [0.4, 0.5) is 0 Å². The van der Waals surface area contributed by atoms with E-state index in [4.69, 9.17) is 14.2 Å². The molecule has 8 heteroatoms. The number of piperazine rings is 1. The van der Waals surface area contributed by atoms with Gasteiger partial charge in [-0.25, -0.2) is 0 Å². The maximum Gasteiger partial charge on any atom is 0.254 e. The zero-order valence-corrected chi connectivity index (χ0v) is 25.0. The smallest absolute Gasteiger partial charge is 0.254 e. The van der Waals surface area contributed by atoms with E-state index in [2.05, 4.69) is 29.7 Å². The normalized spacial score (nSPS) is 24.2. The van der Waals surface area contributed by atoms with Crippen LogP contribution >= 0.6 is 0 Å². The summed E-state index contributed by atoms with van der Waals surface area (Å²) in [6.07, 6.45) is 9.16. The summed E-state index contributed by atoms with van der Waals surface area (Å²) in [6, 6.07) is 3.51. The zero-order chi connectivity index (χ0) is 28.4. The number of carbonyl (C=O) groups excluding carboxylic acids is 2. The van der Waals surface area contributed by atoms with E-state index >= 15 is 0 Å². The van der Waals surface area contributed by atoms with Gasteiger partial charge in [-0.05, 0) is 55.1 Å². The Morgan fingerprint density at radius 1 is 0.975 bits per heavy atom. The molecule has 1 heterocycles. The van der Waals surface area contributed by atoms with Gasteiger partial charge in [0.05, 0.1) is 21.3 Å². The summed E-state index contributed by atoms with van der Waals surface area (Å²) < 4.78 is 16.6. The molecule has 2 bridgehead atoms. The lowest BCUT2D eigenvalue weighted by Gasteiger charge is -2.57. The van der Waals surface area contributed by atoms with Crippen LogP contribution in [0, 0.1) is 23.2 Å². The summed E-state index contributed by atoms with van der Waals surface area (Å²) in [5.74, 6) is 3.28. The van der Waals surface area contributed by atoms with E-state index in [9.17, 15) is 9.59 Å². The molecule has 220 valence electrons. The number of benzene rings is 1. The fraction of sp³-hybridized carbons (Fsp3) is 0.688. The second-order valence-corrected chi connectivity index (χ2v) is 12.6. The molecule has 2 atom stereocenters. The third-order valence-electron chi connectivity index (χ3n) is 10.2. The molecule has 5 aliphatic rings. The number of nitrogens with zero attached hydrogens (tertiary/aromatic N) is 3. The highest BCUT2D eigenvalue weighted by Crippen LogP contribution is 2.59. The molecule has 40 heavy (non-hydrogen) atoms. The minimum atomic E-state index is -0.0329. The Hall–Kier alpha value is -2.74. The van der Waals surface area contributed by atoms with E-state index < -0.39 is 0 Å². The van der Waals surface area contributed by atoms with E-state index in [1.807, 2.05) is 4.90 Å². The summed E-state index contributed by atoms with van der Waals surface area (Å²) >= 11 is 0. The topological polar surface area (TPSA) is 71.6 Å². The number of rotatable bonds is 10. The number of allylic oxidation sites excluding steroid dienone is 1. The van der Waals surface area contributed by atoms with Gasteiger partial charge in [-0.15, -0.1) is 0 Å². The Morgan fingerprint density at radius 3 is 2.17 bits per heavy atom. The van der Waals surface area contributed by atoms with Gasteiger partial charge in [-0.2, -0.15) is 0 Å². The molecule has 2 unspecified atom stereocenters. The van der Waals surface area contributed by atoms with Crippen molar-refractivity contribution >= 4 is 11.8 Å². The van der Waals surface area contributed by atoms with E-state index in [-0.39, 0.29) is 11.8 Å². The monoisotopic (exact) mass is 553 g/mol. The minimum absolute atomic E-state index is 0.0329. The highest BCUT2D eigenvalue weighted by atomic mass is 16.5. The molecule has 1 aromatic rings. The second-order valence-electron chi connectivity index (χ2n) is 12.6. The Morgan fingerprint density at radius 2 is 1.62 bits per heavy atom. The van der Waals surface area contributed by atoms with Crippen molar-refractivity contribution in [2.24, 2.45) is 23.2 Å². The van der Waals surface area contributed by atoms with Gasteiger partial charge < -0.3 is 24.0 Å². The number of amides is 2. The standard InChI is InChI=1S/C32H47N3O5/c1-32(2)25-11-10-23(26(32)20-25)21-35(31(37)24-18-27(38-3)29(40-5)28(19-24)39-4)17-14-33-12-15-34(16-13-33)30(36)22-8-6-7-9-22/h10,18-19,22,25-26H,6-9,11-17,20-21H2,1-5H3. The van der Waals surface area contributed by atoms with Crippen LogP contribution in [-0.4, -0.2) is 93.7 Å². The van der Waals surface area contributed by atoms with Crippen molar-refractivity contribution in [1.29, 1.82) is 0 Å². The van der Waals surface area contributed by atoms with Crippen molar-refractivity contribution in [2.75, 3.05) is 67.1 Å². The molecular formula is C32H47N3O5. The maximum absolute atomic E-state index is 14.1. The van der Waals surface area contributed by atoms with Gasteiger partial charge in [-0.1, -0.05) is 38.3 Å². The van der Waals surface area contributed by atoms with Crippen molar-refractivity contribution in [3.63, 3.8) is 0 Å². The Kier molecular flexibility index (Phi) is 8.64. The SMILES string of the molecule is COc1cc(C(=O)N(CCN2CCN(C(=O)C3CCCC3)CC2)CC2=CCC3CC2C3(C)C)cc(OC)c1OC. The van der Waals surface area contributed by atoms with Crippen molar-refractivity contribution < 1.29 is 23.8 Å². The number of ether oxygens (including phenoxy) is 3. The average molecular weight is 554 g/mol. The molecule has 0 spiro atoms. The van der Waals surface area contributed by atoms with Crippen LogP contribution in [0.2, 0.25) is 0 Å². The summed E-state index contributed by atoms with van der Waals surface area (Å²) in [4.78, 5) is 33.4. The Balaban J connectivity index is 1.29. The predicted octanol–water partition coefficient (Wildman–Crippen LogP) is 4.48. The van der Waals surface area contributed by atoms with Crippen molar-refractivity contribution in [3.05, 3.63) is 29.3 Å². The fourth-order valence-electron chi connectivity index (χ4n) is 7.40. The molecule has 0 aromatic heterocycles. The molecular weight excluding hydrogens is 506 g/mol. The first-order chi connectivity index (χ1) is 19.3. The van der Waals surface area contributed by atoms with Gasteiger partial charge in [0.15, 0.2) is 11.5 Å². The minimum Gasteiger partial charge on any atom is -0.493 e. The number of methoxy groups -OCH3 is 3. The van der Waals surface area contributed by atoms with Crippen LogP contribution in [0.25, 0.3) is 0 Å². The molecule has 8 nitrogen and oxygen atoms in total. The molecule has 1 aromatic carbocycles. The predicted molar refractivity (Wildman–Crippen MR) is 155 cm³/mol. The average Bonchev–Trinajstić information content (AvgIpc) is 3.53. The molecule has 4 aliphatic carbocycles. The quantitative estimate of drug-likeness (QED) is 0.398. The lowest BCUT2D eigenvalue weighted by molar-refractivity contribution is -0.137. The van der Waals surface area contributed by atoms with Gasteiger partial charge in [0.2, 0.25) is 11.7 Å². The number of fused-ring (bicyclic) bond motifs is 1. The van der Waals surface area contributed by atoms with E-state index in [1.165, 1.54) is 24.8 Å². The summed E-state index contributed by atoms with van der Waals surface area (Å²) in [5.41, 5.74) is 2.22. The summed E-state index contributed by atoms with van der Waals surface area (Å²) in [5, 5.41) is 0. The van der Waals surface area contributed by atoms with E-state index in [1.54, 1.807) is 33.5 Å². The Labute approximate surface area is 239 Å². The third kappa shape index (κ3) is 5.56. The largest absolute Gasteiger partial charge is 0.493 e. The second kappa shape index (κ2) is 12.0. The molecule has 6 rings (SSSR count). The van der Waals surface area contributed by atoms with Crippen molar-refractivity contribution in [3.8, 4) is 17.2 Å². The number of hydrogen-bond donors (Lipinski definition) is 0. The van der Waals surface area contributed by atoms with Crippen molar-refractivity contribution in [1.82, 2.24) is 14.7 Å². The maximum atomic E-state index is 14.1. The van der Waals surface area contributed by atoms with Crippen LogP contribution in [-0.2, 0) is 4.79 Å². The molecule has 0 radical (unpaired) electrons. The number of carbonyl (C=O) groups is 2. The van der Waals surface area contributed by atoms with Gasteiger partial charge in [0.1, 0.15) is 0 Å².